The van der Waals surface area contributed by atoms with E-state index >= 15 is 0 Å². The van der Waals surface area contributed by atoms with Gasteiger partial charge in [-0.15, -0.1) is 0 Å². The zero-order chi connectivity index (χ0) is 68.6. The summed E-state index contributed by atoms with van der Waals surface area (Å²) in [6.07, 6.45) is 7.27. The molecule has 0 aliphatic rings. The van der Waals surface area contributed by atoms with E-state index in [-0.39, 0.29) is 69.6 Å². The minimum absolute atomic E-state index is 0.0778. The molecule has 0 amide bonds. The smallest absolute Gasteiger partial charge is 0.333 e. The summed E-state index contributed by atoms with van der Waals surface area (Å²) in [5.74, 6) is -2.31. The molecule has 0 aliphatic heterocycles. The number of nitrogens with zero attached hydrogens (tertiary/aromatic N) is 2. The van der Waals surface area contributed by atoms with Crippen molar-refractivity contribution in [1.82, 2.24) is 9.80 Å². The minimum atomic E-state index is -1.05. The third kappa shape index (κ3) is 38.2. The topological polar surface area (TPSA) is 248 Å². The van der Waals surface area contributed by atoms with Gasteiger partial charge in [-0.2, -0.15) is 0 Å². The average molecular weight is 1270 g/mol. The number of esters is 5. The van der Waals surface area contributed by atoms with Crippen molar-refractivity contribution >= 4 is 54.2 Å². The van der Waals surface area contributed by atoms with Crippen molar-refractivity contribution in [2.45, 2.75) is 71.7 Å². The summed E-state index contributed by atoms with van der Waals surface area (Å²) in [6.45, 7) is 40.5. The molecule has 2 unspecified atom stereocenters. The summed E-state index contributed by atoms with van der Waals surface area (Å²) in [6, 6.07) is 42.7. The third-order valence-electron chi connectivity index (χ3n) is 12.2. The first-order valence-corrected chi connectivity index (χ1v) is 29.3. The number of hydrogen-bond acceptors (Lipinski definition) is 18. The summed E-state index contributed by atoms with van der Waals surface area (Å²) in [5, 5.41) is 46.3. The van der Waals surface area contributed by atoms with E-state index < -0.39 is 48.2 Å². The summed E-state index contributed by atoms with van der Waals surface area (Å²) >= 11 is 0. The summed E-state index contributed by atoms with van der Waals surface area (Å²) in [7, 11) is 0. The molecule has 494 valence electrons. The number of aliphatic hydroxyl groups excluding tert-OH is 5. The molecule has 92 heavy (non-hydrogen) atoms. The van der Waals surface area contributed by atoms with Crippen LogP contribution in [-0.2, 0) is 73.8 Å². The van der Waals surface area contributed by atoms with Gasteiger partial charge >= 0.3 is 29.8 Å². The van der Waals surface area contributed by atoms with Crippen molar-refractivity contribution in [3.05, 3.63) is 260 Å². The molecule has 0 spiro atoms. The van der Waals surface area contributed by atoms with Crippen LogP contribution in [0.3, 0.4) is 0 Å². The van der Waals surface area contributed by atoms with Crippen LogP contribution >= 0.6 is 0 Å². The molecule has 5 aromatic carbocycles. The molecule has 5 aromatic rings. The molecule has 18 nitrogen and oxygen atoms in total. The number of aliphatic hydroxyl groups is 5. The van der Waals surface area contributed by atoms with Crippen molar-refractivity contribution in [1.29, 1.82) is 0 Å². The Morgan fingerprint density at radius 1 is 0.402 bits per heavy atom. The SMILES string of the molecule is C=C(C)C(=O)OCC(O)COC(=O)C(=C)C.C=CC(=O)OCC(O)COC(=O)C(=C)C.C=CC(=O)OCC(O)COc1ccccc1.C=Cc1ccc(CN(CCCO)Cc2ccc(C=C)cc2)cc1.C=Cc1ccc(CN(CCO)Cc2ccc(C=C)cc2)cc1. The Kier molecular flexibility index (Phi) is 42.5. The van der Waals surface area contributed by atoms with Gasteiger partial charge in [0.2, 0.25) is 0 Å². The van der Waals surface area contributed by atoms with E-state index in [1.54, 1.807) is 12.1 Å². The van der Waals surface area contributed by atoms with Gasteiger partial charge in [0.25, 0.3) is 0 Å². The Morgan fingerprint density at radius 3 is 0.946 bits per heavy atom. The van der Waals surface area contributed by atoms with Crippen LogP contribution in [0.5, 0.6) is 5.75 Å². The summed E-state index contributed by atoms with van der Waals surface area (Å²) in [5.41, 5.74) is 10.3. The Balaban J connectivity index is 0.000000582. The lowest BCUT2D eigenvalue weighted by Crippen LogP contribution is -2.26. The predicted molar refractivity (Wildman–Crippen MR) is 363 cm³/mol. The van der Waals surface area contributed by atoms with Crippen LogP contribution in [0.15, 0.2) is 215 Å². The van der Waals surface area contributed by atoms with Gasteiger partial charge in [0.05, 0.1) is 6.61 Å². The van der Waals surface area contributed by atoms with Gasteiger partial charge in [-0.1, -0.05) is 199 Å². The first-order chi connectivity index (χ1) is 44.0. The Bertz CT molecular complexity index is 2930. The second-order valence-electron chi connectivity index (χ2n) is 20.4. The van der Waals surface area contributed by atoms with E-state index in [4.69, 9.17) is 9.84 Å². The van der Waals surface area contributed by atoms with Crippen LogP contribution in [0.1, 0.15) is 71.7 Å². The average Bonchev–Trinajstić information content (AvgIpc) is 1.41. The van der Waals surface area contributed by atoms with Crippen LogP contribution in [0.25, 0.3) is 24.3 Å². The number of rotatable bonds is 35. The van der Waals surface area contributed by atoms with Crippen molar-refractivity contribution in [2.24, 2.45) is 0 Å². The highest BCUT2D eigenvalue weighted by molar-refractivity contribution is 5.88. The lowest BCUT2D eigenvalue weighted by Gasteiger charge is -2.22. The monoisotopic (exact) mass is 1260 g/mol. The number of para-hydroxylation sites is 1. The van der Waals surface area contributed by atoms with Gasteiger partial charge < -0.3 is 54.0 Å². The van der Waals surface area contributed by atoms with E-state index in [1.165, 1.54) is 43.0 Å². The Morgan fingerprint density at radius 2 is 0.685 bits per heavy atom. The second-order valence-corrected chi connectivity index (χ2v) is 20.4. The molecule has 0 aromatic heterocycles. The van der Waals surface area contributed by atoms with Gasteiger partial charge in [0, 0.05) is 74.7 Å². The third-order valence-corrected chi connectivity index (χ3v) is 12.2. The molecule has 5 rings (SSSR count). The maximum atomic E-state index is 10.9. The largest absolute Gasteiger partial charge is 0.491 e. The molecular formula is C74H92N2O16. The fourth-order valence-electron chi connectivity index (χ4n) is 7.15. The zero-order valence-corrected chi connectivity index (χ0v) is 53.4. The van der Waals surface area contributed by atoms with Gasteiger partial charge in [-0.3, -0.25) is 9.80 Å². The van der Waals surface area contributed by atoms with Gasteiger partial charge in [0.15, 0.2) is 0 Å². The molecule has 0 heterocycles. The highest BCUT2D eigenvalue weighted by Crippen LogP contribution is 2.16. The van der Waals surface area contributed by atoms with Crippen molar-refractivity contribution < 1.29 is 77.9 Å². The van der Waals surface area contributed by atoms with Crippen LogP contribution in [0, 0.1) is 0 Å². The predicted octanol–water partition coefficient (Wildman–Crippen LogP) is 10.3. The van der Waals surface area contributed by atoms with E-state index in [1.807, 2.05) is 42.5 Å². The van der Waals surface area contributed by atoms with Crippen molar-refractivity contribution in [3.8, 4) is 5.75 Å². The molecule has 0 fully saturated rings. The Hall–Kier alpha value is -9.37. The fraction of sp³-hybridized carbons (Fsp3) is 0.284. The maximum Gasteiger partial charge on any atom is 0.333 e. The molecule has 5 N–H and O–H groups in total. The molecule has 18 heteroatoms. The highest BCUT2D eigenvalue weighted by atomic mass is 16.6. The van der Waals surface area contributed by atoms with Gasteiger partial charge in [-0.05, 0) is 83.8 Å². The summed E-state index contributed by atoms with van der Waals surface area (Å²) < 4.78 is 28.4. The highest BCUT2D eigenvalue weighted by Gasteiger charge is 2.15. The first kappa shape index (κ1) is 80.6. The van der Waals surface area contributed by atoms with E-state index in [0.717, 1.165) is 73.6 Å². The number of benzene rings is 5. The molecule has 2 atom stereocenters. The Labute approximate surface area is 543 Å². The molecule has 0 bridgehead atoms. The minimum Gasteiger partial charge on any atom is -0.491 e. The number of hydrogen-bond donors (Lipinski definition) is 5. The van der Waals surface area contributed by atoms with E-state index in [9.17, 15) is 44.4 Å². The van der Waals surface area contributed by atoms with Crippen LogP contribution < -0.4 is 4.74 Å². The number of carbonyl (C=O) groups excluding carboxylic acids is 5. The van der Waals surface area contributed by atoms with E-state index in [0.29, 0.717) is 12.3 Å². The van der Waals surface area contributed by atoms with Crippen molar-refractivity contribution in [2.75, 3.05) is 65.9 Å². The number of carbonyl (C=O) groups is 5. The van der Waals surface area contributed by atoms with Crippen molar-refractivity contribution in [3.63, 3.8) is 0 Å². The lowest BCUT2D eigenvalue weighted by atomic mass is 10.1. The van der Waals surface area contributed by atoms with E-state index in [2.05, 4.69) is 190 Å². The lowest BCUT2D eigenvalue weighted by molar-refractivity contribution is -0.148. The molecular weight excluding hydrogens is 1170 g/mol. The van der Waals surface area contributed by atoms with Gasteiger partial charge in [-0.25, -0.2) is 24.0 Å². The van der Waals surface area contributed by atoms with Crippen LogP contribution in [0.2, 0.25) is 0 Å². The second kappa shape index (κ2) is 48.5. The molecule has 0 saturated heterocycles. The zero-order valence-electron chi connectivity index (χ0n) is 53.4. The molecule has 0 radical (unpaired) electrons. The maximum absolute atomic E-state index is 10.9. The molecule has 0 aliphatic carbocycles. The molecule has 0 saturated carbocycles. The van der Waals surface area contributed by atoms with Crippen LogP contribution in [0.4, 0.5) is 0 Å². The van der Waals surface area contributed by atoms with Crippen LogP contribution in [-0.4, -0.2) is 149 Å². The van der Waals surface area contributed by atoms with Gasteiger partial charge in [0.1, 0.15) is 63.7 Å². The number of ether oxygens (including phenoxy) is 6. The standard InChI is InChI=1S/C21H25NO.C20H23NO.C12H14O4.C11H16O5.C10H14O5/c1-3-18-6-10-20(11-7-18)16-22(14-5-15-23)17-21-12-8-19(4-2)9-13-21;1-3-17-5-9-19(10-6-17)15-21(13-14-22)16-20-11-7-18(4-2)8-12-20;1-2-12(14)16-9-10(13)8-15-11-6-4-3-5-7-11;1-7(2)10(13)15-5-9(12)6-16-11(14)8(3)4;1-4-9(12)14-5-8(11)6-15-10(13)7(2)3/h3-4,6-13,23H,1-2,5,14-17H2;3-12,22H,1-2,13-16H2;2-7,10,13H,1,8-9H2;9,12H,1,3,5-6H2,2,4H3;4,8,11H,1-2,5-6H2,3H3. The fourth-order valence-corrected chi connectivity index (χ4v) is 7.15. The summed E-state index contributed by atoms with van der Waals surface area (Å²) in [4.78, 5) is 58.7. The first-order valence-electron chi connectivity index (χ1n) is 29.3. The quantitative estimate of drug-likeness (QED) is 0.0144. The normalized spacial score (nSPS) is 10.8.